The Morgan fingerprint density at radius 1 is 1.24 bits per heavy atom. The Balaban J connectivity index is 2.00. The van der Waals surface area contributed by atoms with Crippen molar-refractivity contribution >= 4 is 11.0 Å². The number of fused-ring (bicyclic) bond motifs is 1. The molecule has 1 aromatic carbocycles. The predicted octanol–water partition coefficient (Wildman–Crippen LogP) is 3.13. The molecule has 0 saturated carbocycles. The lowest BCUT2D eigenvalue weighted by atomic mass is 9.96. The van der Waals surface area contributed by atoms with Gasteiger partial charge in [-0.2, -0.15) is 0 Å². The minimum absolute atomic E-state index is 0.126. The molecule has 0 amide bonds. The summed E-state index contributed by atoms with van der Waals surface area (Å²) in [6.45, 7) is 0.794. The highest BCUT2D eigenvalue weighted by Crippen LogP contribution is 2.31. The summed E-state index contributed by atoms with van der Waals surface area (Å²) in [5.41, 5.74) is 9.34. The van der Waals surface area contributed by atoms with Crippen molar-refractivity contribution in [3.05, 3.63) is 47.9 Å². The van der Waals surface area contributed by atoms with Gasteiger partial charge in [-0.05, 0) is 24.5 Å². The third kappa shape index (κ3) is 1.83. The minimum Gasteiger partial charge on any atom is -0.501 e. The summed E-state index contributed by atoms with van der Waals surface area (Å²) in [7, 11) is 0. The van der Waals surface area contributed by atoms with Crippen LogP contribution in [0.1, 0.15) is 24.4 Å². The molecule has 3 rings (SSSR count). The highest BCUT2D eigenvalue weighted by Gasteiger charge is 2.18. The monoisotopic (exact) mass is 229 g/mol. The Bertz CT molecular complexity index is 556. The van der Waals surface area contributed by atoms with Gasteiger partial charge in [0.05, 0.1) is 25.2 Å². The molecule has 1 atom stereocenters. The van der Waals surface area contributed by atoms with Crippen molar-refractivity contribution in [1.82, 2.24) is 0 Å². The quantitative estimate of drug-likeness (QED) is 0.860. The first kappa shape index (κ1) is 10.4. The molecular weight excluding hydrogens is 214 g/mol. The van der Waals surface area contributed by atoms with Crippen LogP contribution in [0.5, 0.6) is 0 Å². The van der Waals surface area contributed by atoms with Crippen molar-refractivity contribution in [1.29, 1.82) is 0 Å². The van der Waals surface area contributed by atoms with Crippen molar-refractivity contribution in [2.45, 2.75) is 18.9 Å². The van der Waals surface area contributed by atoms with Gasteiger partial charge in [-0.25, -0.2) is 0 Å². The zero-order chi connectivity index (χ0) is 11.7. The first-order valence-corrected chi connectivity index (χ1v) is 5.88. The summed E-state index contributed by atoms with van der Waals surface area (Å²) in [5.74, 6) is 0. The molecule has 2 aromatic rings. The third-order valence-electron chi connectivity index (χ3n) is 3.21. The third-order valence-corrected chi connectivity index (χ3v) is 3.21. The number of benzene rings is 1. The predicted molar refractivity (Wildman–Crippen MR) is 66.4 cm³/mol. The number of ether oxygens (including phenoxy) is 1. The SMILES string of the molecule is NC(C1=COCCC1)c1coc2ccccc12. The Hall–Kier alpha value is -1.74. The van der Waals surface area contributed by atoms with Gasteiger partial charge in [0, 0.05) is 10.9 Å². The molecule has 0 spiro atoms. The Kier molecular flexibility index (Phi) is 2.61. The van der Waals surface area contributed by atoms with E-state index in [0.717, 1.165) is 41.6 Å². The second kappa shape index (κ2) is 4.26. The average molecular weight is 229 g/mol. The number of nitrogens with two attached hydrogens (primary N) is 1. The van der Waals surface area contributed by atoms with Gasteiger partial charge in [-0.15, -0.1) is 0 Å². The molecule has 2 heterocycles. The lowest BCUT2D eigenvalue weighted by molar-refractivity contribution is 0.221. The van der Waals surface area contributed by atoms with E-state index in [1.54, 1.807) is 12.5 Å². The van der Waals surface area contributed by atoms with E-state index in [9.17, 15) is 0 Å². The Labute approximate surface area is 99.9 Å². The van der Waals surface area contributed by atoms with Crippen LogP contribution in [0.25, 0.3) is 11.0 Å². The van der Waals surface area contributed by atoms with Gasteiger partial charge in [0.2, 0.25) is 0 Å². The number of hydrogen-bond acceptors (Lipinski definition) is 3. The smallest absolute Gasteiger partial charge is 0.134 e. The van der Waals surface area contributed by atoms with Crippen LogP contribution in [0.15, 0.2) is 46.8 Å². The first-order chi connectivity index (χ1) is 8.36. The molecule has 3 nitrogen and oxygen atoms in total. The summed E-state index contributed by atoms with van der Waals surface area (Å²) in [5, 5.41) is 1.09. The van der Waals surface area contributed by atoms with Crippen LogP contribution in [0, 0.1) is 0 Å². The van der Waals surface area contributed by atoms with Crippen LogP contribution >= 0.6 is 0 Å². The summed E-state index contributed by atoms with van der Waals surface area (Å²) >= 11 is 0. The second-order valence-corrected chi connectivity index (χ2v) is 4.33. The molecule has 1 unspecified atom stereocenters. The maximum atomic E-state index is 6.27. The summed E-state index contributed by atoms with van der Waals surface area (Å²) in [4.78, 5) is 0. The zero-order valence-electron chi connectivity index (χ0n) is 9.56. The van der Waals surface area contributed by atoms with Crippen LogP contribution in [0.2, 0.25) is 0 Å². The molecule has 0 aliphatic carbocycles. The van der Waals surface area contributed by atoms with Crippen LogP contribution in [0.4, 0.5) is 0 Å². The van der Waals surface area contributed by atoms with E-state index < -0.39 is 0 Å². The largest absolute Gasteiger partial charge is 0.501 e. The van der Waals surface area contributed by atoms with Crippen LogP contribution in [-0.4, -0.2) is 6.61 Å². The van der Waals surface area contributed by atoms with Gasteiger partial charge in [0.15, 0.2) is 0 Å². The van der Waals surface area contributed by atoms with E-state index >= 15 is 0 Å². The molecular formula is C14H15NO2. The number of rotatable bonds is 2. The fourth-order valence-electron chi connectivity index (χ4n) is 2.25. The zero-order valence-corrected chi connectivity index (χ0v) is 9.56. The van der Waals surface area contributed by atoms with Crippen LogP contribution < -0.4 is 5.73 Å². The van der Waals surface area contributed by atoms with Crippen molar-refractivity contribution < 1.29 is 9.15 Å². The number of hydrogen-bond donors (Lipinski definition) is 1. The summed E-state index contributed by atoms with van der Waals surface area (Å²) in [6.07, 6.45) is 5.59. The van der Waals surface area contributed by atoms with Gasteiger partial charge in [-0.3, -0.25) is 0 Å². The fraction of sp³-hybridized carbons (Fsp3) is 0.286. The molecule has 0 saturated heterocycles. The number of furan rings is 1. The van der Waals surface area contributed by atoms with Gasteiger partial charge in [0.25, 0.3) is 0 Å². The van der Waals surface area contributed by atoms with E-state index in [1.165, 1.54) is 0 Å². The second-order valence-electron chi connectivity index (χ2n) is 4.33. The molecule has 1 aliphatic heterocycles. The van der Waals surface area contributed by atoms with Crippen molar-refractivity contribution in [3.8, 4) is 0 Å². The minimum atomic E-state index is -0.126. The van der Waals surface area contributed by atoms with Gasteiger partial charge >= 0.3 is 0 Å². The molecule has 0 radical (unpaired) electrons. The first-order valence-electron chi connectivity index (χ1n) is 5.88. The fourth-order valence-corrected chi connectivity index (χ4v) is 2.25. The molecule has 0 bridgehead atoms. The molecule has 0 fully saturated rings. The number of para-hydroxylation sites is 1. The lowest BCUT2D eigenvalue weighted by Gasteiger charge is -2.19. The maximum Gasteiger partial charge on any atom is 0.134 e. The summed E-state index contributed by atoms with van der Waals surface area (Å²) < 4.78 is 10.9. The highest BCUT2D eigenvalue weighted by atomic mass is 16.5. The Morgan fingerprint density at radius 2 is 2.12 bits per heavy atom. The van der Waals surface area contributed by atoms with Crippen molar-refractivity contribution in [2.75, 3.05) is 6.61 Å². The molecule has 1 aliphatic rings. The maximum absolute atomic E-state index is 6.27. The van der Waals surface area contributed by atoms with Crippen LogP contribution in [-0.2, 0) is 4.74 Å². The van der Waals surface area contributed by atoms with Gasteiger partial charge in [-0.1, -0.05) is 18.2 Å². The highest BCUT2D eigenvalue weighted by molar-refractivity contribution is 5.81. The van der Waals surface area contributed by atoms with Gasteiger partial charge < -0.3 is 14.9 Å². The van der Waals surface area contributed by atoms with Gasteiger partial charge in [0.1, 0.15) is 5.58 Å². The summed E-state index contributed by atoms with van der Waals surface area (Å²) in [6, 6.07) is 7.83. The Morgan fingerprint density at radius 3 is 2.94 bits per heavy atom. The van der Waals surface area contributed by atoms with Crippen LogP contribution in [0.3, 0.4) is 0 Å². The van der Waals surface area contributed by atoms with E-state index in [-0.39, 0.29) is 6.04 Å². The van der Waals surface area contributed by atoms with E-state index in [1.807, 2.05) is 24.3 Å². The standard InChI is InChI=1S/C14H15NO2/c15-14(10-4-3-7-16-8-10)12-9-17-13-6-2-1-5-11(12)13/h1-2,5-6,8-9,14H,3-4,7,15H2. The normalized spacial score (nSPS) is 17.6. The topological polar surface area (TPSA) is 48.4 Å². The van der Waals surface area contributed by atoms with Crippen molar-refractivity contribution in [3.63, 3.8) is 0 Å². The van der Waals surface area contributed by atoms with E-state index in [2.05, 4.69) is 0 Å². The molecule has 2 N–H and O–H groups in total. The van der Waals surface area contributed by atoms with E-state index in [0.29, 0.717) is 0 Å². The average Bonchev–Trinajstić information content (AvgIpc) is 2.83. The molecule has 17 heavy (non-hydrogen) atoms. The molecule has 3 heteroatoms. The van der Waals surface area contributed by atoms with Crippen molar-refractivity contribution in [2.24, 2.45) is 5.73 Å². The lowest BCUT2D eigenvalue weighted by Crippen LogP contribution is -2.15. The van der Waals surface area contributed by atoms with E-state index in [4.69, 9.17) is 14.9 Å². The molecule has 88 valence electrons. The molecule has 1 aromatic heterocycles.